The molecule has 6 nitrogen and oxygen atoms in total. The molecular weight excluding hydrogens is 468 g/mol. The minimum absolute atomic E-state index is 0.0578. The molecule has 0 saturated carbocycles. The maximum absolute atomic E-state index is 12.7. The van der Waals surface area contributed by atoms with Crippen molar-refractivity contribution >= 4 is 32.7 Å². The first-order valence-corrected chi connectivity index (χ1v) is 12.0. The number of rotatable bonds is 7. The monoisotopic (exact) mass is 496 g/mol. The Kier molecular flexibility index (Phi) is 7.37. The van der Waals surface area contributed by atoms with Gasteiger partial charge < -0.3 is 5.32 Å². The summed E-state index contributed by atoms with van der Waals surface area (Å²) in [6, 6.07) is 16.0. The molecule has 32 heavy (non-hydrogen) atoms. The van der Waals surface area contributed by atoms with Crippen LogP contribution in [0.3, 0.4) is 0 Å². The van der Waals surface area contributed by atoms with E-state index < -0.39 is 0 Å². The van der Waals surface area contributed by atoms with E-state index in [1.165, 1.54) is 29.3 Å². The number of piperidine rings is 1. The largest absolute Gasteiger partial charge is 0.354 e. The highest BCUT2D eigenvalue weighted by molar-refractivity contribution is 9.10. The van der Waals surface area contributed by atoms with Crippen molar-refractivity contribution in [3.8, 4) is 0 Å². The summed E-state index contributed by atoms with van der Waals surface area (Å²) in [6.45, 7) is 5.26. The number of carbonyl (C=O) groups is 1. The van der Waals surface area contributed by atoms with E-state index in [0.717, 1.165) is 23.5 Å². The highest BCUT2D eigenvalue weighted by Gasteiger charge is 2.25. The molecule has 1 fully saturated rings. The zero-order chi connectivity index (χ0) is 22.5. The third-order valence-corrected chi connectivity index (χ3v) is 6.80. The zero-order valence-corrected chi connectivity index (χ0v) is 19.9. The Bertz CT molecular complexity index is 1120. The number of benzene rings is 2. The number of likely N-dealkylation sites (tertiary alicyclic amines) is 1. The van der Waals surface area contributed by atoms with E-state index in [0.29, 0.717) is 24.0 Å². The Hall–Kier alpha value is -2.51. The second kappa shape index (κ2) is 10.4. The van der Waals surface area contributed by atoms with Crippen molar-refractivity contribution in [1.82, 2.24) is 19.8 Å². The summed E-state index contributed by atoms with van der Waals surface area (Å²) in [6.07, 6.45) is 4.13. The Morgan fingerprint density at radius 2 is 1.94 bits per heavy atom. The van der Waals surface area contributed by atoms with Crippen LogP contribution in [-0.2, 0) is 11.3 Å². The molecule has 0 spiro atoms. The van der Waals surface area contributed by atoms with Crippen LogP contribution in [0.5, 0.6) is 0 Å². The Morgan fingerprint density at radius 1 is 1.19 bits per heavy atom. The molecule has 3 aromatic rings. The summed E-state index contributed by atoms with van der Waals surface area (Å²) in [5, 5.41) is 3.65. The molecule has 1 amide bonds. The SMILES string of the molecule is CC1CCN(C(CNC(=O)CCn2cnc3ccc(Br)cc3c2=O)c2ccccc2)CC1. The number of carbonyl (C=O) groups excluding carboxylic acids is 1. The molecule has 1 aromatic heterocycles. The molecule has 1 unspecified atom stereocenters. The maximum Gasteiger partial charge on any atom is 0.261 e. The van der Waals surface area contributed by atoms with Crippen LogP contribution in [-0.4, -0.2) is 40.0 Å². The summed E-state index contributed by atoms with van der Waals surface area (Å²) < 4.78 is 2.34. The number of aromatic nitrogens is 2. The predicted molar refractivity (Wildman–Crippen MR) is 130 cm³/mol. The van der Waals surface area contributed by atoms with Gasteiger partial charge in [0.25, 0.3) is 5.56 Å². The van der Waals surface area contributed by atoms with E-state index >= 15 is 0 Å². The van der Waals surface area contributed by atoms with Crippen LogP contribution in [0.1, 0.15) is 37.8 Å². The van der Waals surface area contributed by atoms with Crippen molar-refractivity contribution < 1.29 is 4.79 Å². The summed E-state index contributed by atoms with van der Waals surface area (Å²) in [7, 11) is 0. The maximum atomic E-state index is 12.7. The Labute approximate surface area is 196 Å². The second-order valence-corrected chi connectivity index (χ2v) is 9.52. The number of hydrogen-bond acceptors (Lipinski definition) is 4. The standard InChI is InChI=1S/C25H29BrN4O2/c1-18-9-12-29(13-10-18)23(19-5-3-2-4-6-19)16-27-24(31)11-14-30-17-28-22-8-7-20(26)15-21(22)25(30)32/h2-8,15,17-18,23H,9-14,16H2,1H3,(H,27,31). The normalized spacial score (nSPS) is 16.2. The lowest BCUT2D eigenvalue weighted by Gasteiger charge is -2.37. The summed E-state index contributed by atoms with van der Waals surface area (Å²) in [5.74, 6) is 0.698. The molecule has 1 saturated heterocycles. The molecule has 7 heteroatoms. The number of nitrogens with one attached hydrogen (secondary N) is 1. The zero-order valence-electron chi connectivity index (χ0n) is 18.3. The lowest BCUT2D eigenvalue weighted by molar-refractivity contribution is -0.121. The lowest BCUT2D eigenvalue weighted by Crippen LogP contribution is -2.42. The van der Waals surface area contributed by atoms with Crippen molar-refractivity contribution in [3.63, 3.8) is 0 Å². The van der Waals surface area contributed by atoms with Crippen LogP contribution >= 0.6 is 15.9 Å². The molecule has 168 valence electrons. The molecule has 2 heterocycles. The van der Waals surface area contributed by atoms with Crippen LogP contribution in [0.4, 0.5) is 0 Å². The van der Waals surface area contributed by atoms with Gasteiger partial charge >= 0.3 is 0 Å². The first-order valence-electron chi connectivity index (χ1n) is 11.2. The number of nitrogens with zero attached hydrogens (tertiary/aromatic N) is 3. The van der Waals surface area contributed by atoms with Gasteiger partial charge in [0.2, 0.25) is 5.91 Å². The van der Waals surface area contributed by atoms with E-state index in [1.807, 2.05) is 30.3 Å². The number of aryl methyl sites for hydroxylation is 1. The molecule has 2 aromatic carbocycles. The first kappa shape index (κ1) is 22.7. The molecule has 4 rings (SSSR count). The highest BCUT2D eigenvalue weighted by Crippen LogP contribution is 2.26. The molecule has 1 aliphatic heterocycles. The molecule has 1 aliphatic rings. The average Bonchev–Trinajstić information content (AvgIpc) is 2.81. The Morgan fingerprint density at radius 3 is 2.69 bits per heavy atom. The third-order valence-electron chi connectivity index (χ3n) is 6.30. The molecule has 0 radical (unpaired) electrons. The lowest BCUT2D eigenvalue weighted by atomic mass is 9.95. The topological polar surface area (TPSA) is 67.2 Å². The number of hydrogen-bond donors (Lipinski definition) is 1. The van der Waals surface area contributed by atoms with Crippen molar-refractivity contribution in [1.29, 1.82) is 0 Å². The van der Waals surface area contributed by atoms with Crippen LogP contribution in [0.25, 0.3) is 10.9 Å². The van der Waals surface area contributed by atoms with E-state index in [1.54, 1.807) is 6.07 Å². The molecule has 0 bridgehead atoms. The quantitative estimate of drug-likeness (QED) is 0.533. The minimum Gasteiger partial charge on any atom is -0.354 e. The highest BCUT2D eigenvalue weighted by atomic mass is 79.9. The average molecular weight is 497 g/mol. The number of fused-ring (bicyclic) bond motifs is 1. The van der Waals surface area contributed by atoms with Gasteiger partial charge in [-0.1, -0.05) is 53.2 Å². The van der Waals surface area contributed by atoms with Gasteiger partial charge in [0.1, 0.15) is 0 Å². The van der Waals surface area contributed by atoms with E-state index in [-0.39, 0.29) is 23.9 Å². The fraction of sp³-hybridized carbons (Fsp3) is 0.400. The van der Waals surface area contributed by atoms with Crippen LogP contribution < -0.4 is 10.9 Å². The summed E-state index contributed by atoms with van der Waals surface area (Å²) >= 11 is 3.40. The van der Waals surface area contributed by atoms with E-state index in [2.05, 4.69) is 50.2 Å². The van der Waals surface area contributed by atoms with Gasteiger partial charge in [-0.15, -0.1) is 0 Å². The minimum atomic E-state index is -0.131. The van der Waals surface area contributed by atoms with Gasteiger partial charge in [0, 0.05) is 24.0 Å². The van der Waals surface area contributed by atoms with Crippen LogP contribution in [0, 0.1) is 5.92 Å². The smallest absolute Gasteiger partial charge is 0.261 e. The fourth-order valence-electron chi connectivity index (χ4n) is 4.28. The van der Waals surface area contributed by atoms with Crippen molar-refractivity contribution in [2.45, 2.75) is 38.8 Å². The van der Waals surface area contributed by atoms with E-state index in [9.17, 15) is 9.59 Å². The Balaban J connectivity index is 1.39. The molecule has 1 N–H and O–H groups in total. The first-order chi connectivity index (χ1) is 15.5. The predicted octanol–water partition coefficient (Wildman–Crippen LogP) is 4.14. The summed E-state index contributed by atoms with van der Waals surface area (Å²) in [4.78, 5) is 32.2. The fourth-order valence-corrected chi connectivity index (χ4v) is 4.65. The van der Waals surface area contributed by atoms with E-state index in [4.69, 9.17) is 0 Å². The molecular formula is C25H29BrN4O2. The van der Waals surface area contributed by atoms with Crippen molar-refractivity contribution in [2.75, 3.05) is 19.6 Å². The van der Waals surface area contributed by atoms with Gasteiger partial charge in [0.05, 0.1) is 23.3 Å². The number of amides is 1. The third kappa shape index (κ3) is 5.45. The van der Waals surface area contributed by atoms with Crippen LogP contribution in [0.2, 0.25) is 0 Å². The van der Waals surface area contributed by atoms with Gasteiger partial charge in [-0.2, -0.15) is 0 Å². The summed E-state index contributed by atoms with van der Waals surface area (Å²) in [5.41, 5.74) is 1.75. The number of halogens is 1. The molecule has 1 atom stereocenters. The van der Waals surface area contributed by atoms with Gasteiger partial charge in [0.15, 0.2) is 0 Å². The van der Waals surface area contributed by atoms with Crippen LogP contribution in [0.15, 0.2) is 64.1 Å². The molecule has 0 aliphatic carbocycles. The van der Waals surface area contributed by atoms with Crippen molar-refractivity contribution in [2.24, 2.45) is 5.92 Å². The van der Waals surface area contributed by atoms with Gasteiger partial charge in [-0.3, -0.25) is 19.1 Å². The van der Waals surface area contributed by atoms with Gasteiger partial charge in [-0.25, -0.2) is 4.98 Å². The van der Waals surface area contributed by atoms with Gasteiger partial charge in [-0.05, 0) is 55.6 Å². The second-order valence-electron chi connectivity index (χ2n) is 8.60. The van der Waals surface area contributed by atoms with Crippen molar-refractivity contribution in [3.05, 3.63) is 75.2 Å².